The van der Waals surface area contributed by atoms with Gasteiger partial charge in [0.25, 0.3) is 0 Å². The zero-order valence-corrected chi connectivity index (χ0v) is 8.61. The first-order valence-electron chi connectivity index (χ1n) is 4.57. The molecule has 0 saturated heterocycles. The normalized spacial score (nSPS) is 13.7. The summed E-state index contributed by atoms with van der Waals surface area (Å²) >= 11 is 0. The molecule has 18 heavy (non-hydrogen) atoms. The number of hydrogen-bond acceptors (Lipinski definition) is 1. The number of benzene rings is 1. The molecule has 0 fully saturated rings. The molecule has 0 bridgehead atoms. The van der Waals surface area contributed by atoms with Crippen molar-refractivity contribution in [3.05, 3.63) is 29.8 Å². The Morgan fingerprint density at radius 3 is 1.67 bits per heavy atom. The van der Waals surface area contributed by atoms with E-state index in [1.807, 2.05) is 0 Å². The lowest BCUT2D eigenvalue weighted by molar-refractivity contribution is -0.354. The second-order valence-electron chi connectivity index (χ2n) is 3.62. The van der Waals surface area contributed by atoms with Crippen molar-refractivity contribution >= 4 is 0 Å². The van der Waals surface area contributed by atoms with Crippen LogP contribution < -0.4 is 0 Å². The third-order valence-electron chi connectivity index (χ3n) is 2.18. The Hall–Kier alpha value is -1.47. The van der Waals surface area contributed by atoms with Crippen molar-refractivity contribution < 1.29 is 35.8 Å². The van der Waals surface area contributed by atoms with Gasteiger partial charge >= 0.3 is 18.0 Å². The summed E-state index contributed by atoms with van der Waals surface area (Å²) in [6.45, 7) is 0. The molecule has 8 heteroatoms. The molecule has 0 aromatic heterocycles. The first-order valence-corrected chi connectivity index (χ1v) is 4.57. The van der Waals surface area contributed by atoms with Gasteiger partial charge in [0.15, 0.2) is 0 Å². The highest BCUT2D eigenvalue weighted by Crippen LogP contribution is 2.47. The minimum atomic E-state index is -6.33. The predicted molar refractivity (Wildman–Crippen MR) is 47.8 cm³/mol. The molecule has 0 heterocycles. The number of halogens is 7. The minimum absolute atomic E-state index is 0.315. The number of alkyl halides is 7. The standard InChI is InChI=1S/C10H7F7O/c11-8(12,9(13,14)10(15,16)17)5-6-1-3-7(18)4-2-6/h1-4,18H,5H2. The first-order chi connectivity index (χ1) is 7.97. The van der Waals surface area contributed by atoms with Crippen molar-refractivity contribution in [2.45, 2.75) is 24.4 Å². The zero-order valence-electron chi connectivity index (χ0n) is 8.61. The third-order valence-corrected chi connectivity index (χ3v) is 2.18. The van der Waals surface area contributed by atoms with Crippen LogP contribution in [0.5, 0.6) is 5.75 Å². The van der Waals surface area contributed by atoms with Gasteiger partial charge in [0.05, 0.1) is 0 Å². The van der Waals surface area contributed by atoms with Crippen LogP contribution in [0.3, 0.4) is 0 Å². The Kier molecular flexibility index (Phi) is 3.51. The number of rotatable bonds is 3. The second kappa shape index (κ2) is 4.33. The summed E-state index contributed by atoms with van der Waals surface area (Å²) in [6, 6.07) is 3.51. The molecule has 0 spiro atoms. The SMILES string of the molecule is Oc1ccc(CC(F)(F)C(F)(F)C(F)(F)F)cc1. The molecule has 102 valence electrons. The fraction of sp³-hybridized carbons (Fsp3) is 0.400. The minimum Gasteiger partial charge on any atom is -0.508 e. The predicted octanol–water partition coefficient (Wildman–Crippen LogP) is 3.77. The van der Waals surface area contributed by atoms with Gasteiger partial charge in [0.2, 0.25) is 0 Å². The summed E-state index contributed by atoms with van der Waals surface area (Å²) in [5.41, 5.74) is -0.443. The van der Waals surface area contributed by atoms with E-state index in [4.69, 9.17) is 5.11 Å². The molecule has 1 nitrogen and oxygen atoms in total. The quantitative estimate of drug-likeness (QED) is 0.833. The molecule has 0 aliphatic rings. The maximum absolute atomic E-state index is 13.0. The van der Waals surface area contributed by atoms with Crippen molar-refractivity contribution in [3.63, 3.8) is 0 Å². The van der Waals surface area contributed by atoms with E-state index in [-0.39, 0.29) is 5.75 Å². The summed E-state index contributed by atoms with van der Waals surface area (Å²) in [5, 5.41) is 8.83. The van der Waals surface area contributed by atoms with Crippen LogP contribution in [0.2, 0.25) is 0 Å². The van der Waals surface area contributed by atoms with Gasteiger partial charge in [-0.15, -0.1) is 0 Å². The molecule has 0 unspecified atom stereocenters. The summed E-state index contributed by atoms with van der Waals surface area (Å²) in [5.74, 6) is -11.7. The Bertz CT molecular complexity index is 407. The fourth-order valence-corrected chi connectivity index (χ4v) is 1.19. The Balaban J connectivity index is 2.97. The average Bonchev–Trinajstić information content (AvgIpc) is 2.19. The smallest absolute Gasteiger partial charge is 0.459 e. The molecule has 1 N–H and O–H groups in total. The molecule has 0 radical (unpaired) electrons. The van der Waals surface area contributed by atoms with Crippen LogP contribution >= 0.6 is 0 Å². The van der Waals surface area contributed by atoms with Crippen LogP contribution in [0.25, 0.3) is 0 Å². The van der Waals surface area contributed by atoms with Crippen molar-refractivity contribution in [2.75, 3.05) is 0 Å². The van der Waals surface area contributed by atoms with E-state index in [2.05, 4.69) is 0 Å². The zero-order chi connectivity index (χ0) is 14.2. The van der Waals surface area contributed by atoms with Gasteiger partial charge in [-0.1, -0.05) is 12.1 Å². The summed E-state index contributed by atoms with van der Waals surface area (Å²) in [6.07, 6.45) is -8.10. The maximum Gasteiger partial charge on any atom is 0.459 e. The van der Waals surface area contributed by atoms with Gasteiger partial charge < -0.3 is 5.11 Å². The average molecular weight is 276 g/mol. The number of aromatic hydroxyl groups is 1. The number of hydrogen-bond donors (Lipinski definition) is 1. The van der Waals surface area contributed by atoms with E-state index in [0.29, 0.717) is 0 Å². The molecular weight excluding hydrogens is 269 g/mol. The highest BCUT2D eigenvalue weighted by Gasteiger charge is 2.72. The molecule has 1 rings (SSSR count). The maximum atomic E-state index is 13.0. The molecule has 0 saturated carbocycles. The van der Waals surface area contributed by atoms with Gasteiger partial charge in [-0.05, 0) is 17.7 Å². The molecule has 0 aliphatic heterocycles. The lowest BCUT2D eigenvalue weighted by Crippen LogP contribution is -2.52. The van der Waals surface area contributed by atoms with Crippen LogP contribution in [0.1, 0.15) is 5.56 Å². The lowest BCUT2D eigenvalue weighted by atomic mass is 10.0. The van der Waals surface area contributed by atoms with Gasteiger partial charge in [-0.25, -0.2) is 0 Å². The van der Waals surface area contributed by atoms with Crippen molar-refractivity contribution in [3.8, 4) is 5.75 Å². The lowest BCUT2D eigenvalue weighted by Gasteiger charge is -2.28. The summed E-state index contributed by atoms with van der Waals surface area (Å²) in [4.78, 5) is 0. The van der Waals surface area contributed by atoms with E-state index in [1.54, 1.807) is 0 Å². The van der Waals surface area contributed by atoms with Crippen LogP contribution in [-0.2, 0) is 6.42 Å². The molecule has 0 amide bonds. The molecule has 0 atom stereocenters. The molecular formula is C10H7F7O. The van der Waals surface area contributed by atoms with Gasteiger partial charge in [-0.2, -0.15) is 30.7 Å². The number of phenols is 1. The van der Waals surface area contributed by atoms with Crippen molar-refractivity contribution in [1.29, 1.82) is 0 Å². The molecule has 0 aliphatic carbocycles. The van der Waals surface area contributed by atoms with Crippen LogP contribution in [0.4, 0.5) is 30.7 Å². The van der Waals surface area contributed by atoms with Crippen LogP contribution in [-0.4, -0.2) is 23.1 Å². The Morgan fingerprint density at radius 1 is 0.833 bits per heavy atom. The first kappa shape index (κ1) is 14.6. The Morgan fingerprint density at radius 2 is 1.28 bits per heavy atom. The van der Waals surface area contributed by atoms with E-state index in [9.17, 15) is 30.7 Å². The van der Waals surface area contributed by atoms with E-state index < -0.39 is 30.0 Å². The highest BCUT2D eigenvalue weighted by atomic mass is 19.4. The van der Waals surface area contributed by atoms with Gasteiger partial charge in [-0.3, -0.25) is 0 Å². The number of phenolic OH excluding ortho intramolecular Hbond substituents is 1. The monoisotopic (exact) mass is 276 g/mol. The Labute approximate surface area is 96.8 Å². The van der Waals surface area contributed by atoms with Crippen LogP contribution in [0, 0.1) is 0 Å². The molecule has 1 aromatic rings. The van der Waals surface area contributed by atoms with E-state index in [1.165, 1.54) is 0 Å². The largest absolute Gasteiger partial charge is 0.508 e. The van der Waals surface area contributed by atoms with Crippen molar-refractivity contribution in [1.82, 2.24) is 0 Å². The van der Waals surface area contributed by atoms with Crippen molar-refractivity contribution in [2.24, 2.45) is 0 Å². The molecule has 1 aromatic carbocycles. The summed E-state index contributed by atoms with van der Waals surface area (Å²) < 4.78 is 86.5. The second-order valence-corrected chi connectivity index (χ2v) is 3.62. The fourth-order valence-electron chi connectivity index (χ4n) is 1.19. The van der Waals surface area contributed by atoms with Gasteiger partial charge in [0.1, 0.15) is 5.75 Å². The van der Waals surface area contributed by atoms with Gasteiger partial charge in [0, 0.05) is 6.42 Å². The summed E-state index contributed by atoms with van der Waals surface area (Å²) in [7, 11) is 0. The van der Waals surface area contributed by atoms with E-state index in [0.717, 1.165) is 24.3 Å². The van der Waals surface area contributed by atoms with Crippen LogP contribution in [0.15, 0.2) is 24.3 Å². The third kappa shape index (κ3) is 2.68. The topological polar surface area (TPSA) is 20.2 Å². The highest BCUT2D eigenvalue weighted by molar-refractivity contribution is 5.27. The van der Waals surface area contributed by atoms with E-state index >= 15 is 0 Å².